The Hall–Kier alpha value is -7.34. The van der Waals surface area contributed by atoms with Crippen molar-refractivity contribution in [3.63, 3.8) is 0 Å². The third-order valence-electron chi connectivity index (χ3n) is 10.9. The molecule has 2 aromatic carbocycles. The van der Waals surface area contributed by atoms with E-state index >= 15 is 0 Å². The Morgan fingerprint density at radius 2 is 1.05 bits per heavy atom. The summed E-state index contributed by atoms with van der Waals surface area (Å²) in [5.74, 6) is -7.64. The minimum absolute atomic E-state index is 0.0418. The molecule has 23 nitrogen and oxygen atoms in total. The topological polar surface area (TPSA) is 300 Å². The summed E-state index contributed by atoms with van der Waals surface area (Å²) in [7, 11) is 0. The summed E-state index contributed by atoms with van der Waals surface area (Å²) in [6.45, 7) is 7.63. The van der Waals surface area contributed by atoms with Crippen LogP contribution in [-0.4, -0.2) is 128 Å². The standard InChI is InChI=1S/C48H48Cl2N2O21/c1-19(53)51-40-44(67-25(7)59)42(65-23(5)57)37(17-63-21(3)55)71-47(40)70-36-16-35-30(14-32(36)50)39(29-13-31(49)33(61)15-34(29)69-35)27-11-9-10-12-28(27)46(62)73-48-41(52-20(2)54)45(68-26(8)60)43(66-24(6)58)38(72-48)18-64-22(4)56/h9-16,37-38,40-45,47-48H,17-18H2,1-8H3,(H,51,53)(H,52,54)/t37-,38-,40-,41-,42-,43-,44-,45-,47-,48+/m1/s1. The van der Waals surface area contributed by atoms with Gasteiger partial charge in [-0.15, -0.1) is 0 Å². The number of nitrogens with one attached hydrogen (secondary N) is 2. The van der Waals surface area contributed by atoms with Gasteiger partial charge in [-0.2, -0.15) is 0 Å². The molecule has 3 aliphatic heterocycles. The van der Waals surface area contributed by atoms with Gasteiger partial charge in [0.1, 0.15) is 54.6 Å². The van der Waals surface area contributed by atoms with Gasteiger partial charge in [0, 0.05) is 84.0 Å². The van der Waals surface area contributed by atoms with Gasteiger partial charge < -0.3 is 62.4 Å². The van der Waals surface area contributed by atoms with E-state index in [0.29, 0.717) is 0 Å². The summed E-state index contributed by atoms with van der Waals surface area (Å²) in [6, 6.07) is 8.09. The summed E-state index contributed by atoms with van der Waals surface area (Å²) in [6.07, 6.45) is -12.2. The lowest BCUT2D eigenvalue weighted by Gasteiger charge is -2.44. The van der Waals surface area contributed by atoms with E-state index in [-0.39, 0.29) is 54.8 Å². The van der Waals surface area contributed by atoms with Crippen molar-refractivity contribution >= 4 is 87.8 Å². The van der Waals surface area contributed by atoms with Crippen LogP contribution in [0.15, 0.2) is 57.7 Å². The maximum Gasteiger partial charge on any atom is 0.341 e. The van der Waals surface area contributed by atoms with Crippen LogP contribution in [0.1, 0.15) is 65.7 Å². The fourth-order valence-electron chi connectivity index (χ4n) is 8.23. The van der Waals surface area contributed by atoms with Gasteiger partial charge in [-0.05, 0) is 23.8 Å². The van der Waals surface area contributed by atoms with E-state index in [0.717, 1.165) is 61.5 Å². The van der Waals surface area contributed by atoms with Crippen molar-refractivity contribution in [3.8, 4) is 28.2 Å². The van der Waals surface area contributed by atoms with Crippen LogP contribution in [0.5, 0.6) is 5.75 Å². The molecule has 1 aliphatic carbocycles. The lowest BCUT2D eigenvalue weighted by atomic mass is 9.90. The first kappa shape index (κ1) is 55.0. The highest BCUT2D eigenvalue weighted by Crippen LogP contribution is 2.45. The largest absolute Gasteiger partial charge is 0.463 e. The predicted molar refractivity (Wildman–Crippen MR) is 249 cm³/mol. The molecule has 2 aromatic rings. The van der Waals surface area contributed by atoms with E-state index in [1.54, 1.807) is 6.07 Å². The van der Waals surface area contributed by atoms with E-state index in [2.05, 4.69) is 10.6 Å². The molecule has 2 fully saturated rings. The Labute approximate surface area is 424 Å². The van der Waals surface area contributed by atoms with Crippen molar-refractivity contribution in [2.24, 2.45) is 0 Å². The summed E-state index contributed by atoms with van der Waals surface area (Å²) in [4.78, 5) is 126. The fraction of sp³-hybridized carbons (Fsp3) is 0.417. The summed E-state index contributed by atoms with van der Waals surface area (Å²) < 4.78 is 63.2. The molecule has 10 atom stereocenters. The van der Waals surface area contributed by atoms with Gasteiger partial charge in [0.2, 0.25) is 29.8 Å². The number of carbonyl (C=O) groups is 9. The summed E-state index contributed by atoms with van der Waals surface area (Å²) >= 11 is 13.4. The van der Waals surface area contributed by atoms with Crippen molar-refractivity contribution in [3.05, 3.63) is 74.4 Å². The first-order valence-corrected chi connectivity index (χ1v) is 22.8. The molecule has 73 heavy (non-hydrogen) atoms. The van der Waals surface area contributed by atoms with Crippen LogP contribution in [0, 0.1) is 0 Å². The maximum absolute atomic E-state index is 14.7. The van der Waals surface area contributed by atoms with Crippen LogP contribution < -0.4 is 20.8 Å². The molecule has 0 radical (unpaired) electrons. The number of amides is 2. The maximum atomic E-state index is 14.7. The van der Waals surface area contributed by atoms with Gasteiger partial charge in [-0.1, -0.05) is 41.4 Å². The van der Waals surface area contributed by atoms with Crippen molar-refractivity contribution < 1.29 is 94.9 Å². The Morgan fingerprint density at radius 1 is 0.562 bits per heavy atom. The van der Waals surface area contributed by atoms with Crippen LogP contribution in [0.3, 0.4) is 0 Å². The summed E-state index contributed by atoms with van der Waals surface area (Å²) in [5.41, 5.74) is -0.375. The predicted octanol–water partition coefficient (Wildman–Crippen LogP) is 3.72. The number of halogens is 2. The Balaban J connectivity index is 1.48. The molecule has 6 rings (SSSR count). The van der Waals surface area contributed by atoms with Crippen molar-refractivity contribution in [1.29, 1.82) is 0 Å². The molecule has 0 spiro atoms. The first-order valence-electron chi connectivity index (χ1n) is 22.1. The minimum atomic E-state index is -1.81. The average Bonchev–Trinajstić information content (AvgIpc) is 3.28. The van der Waals surface area contributed by atoms with Crippen LogP contribution in [-0.2, 0) is 81.0 Å². The van der Waals surface area contributed by atoms with E-state index in [1.165, 1.54) is 36.4 Å². The average molecular weight is 1060 g/mol. The molecule has 2 N–H and O–H groups in total. The highest BCUT2D eigenvalue weighted by Gasteiger charge is 2.54. The van der Waals surface area contributed by atoms with Crippen molar-refractivity contribution in [2.75, 3.05) is 13.2 Å². The molecule has 390 valence electrons. The Bertz CT molecular complexity index is 2870. The first-order chi connectivity index (χ1) is 34.4. The lowest BCUT2D eigenvalue weighted by molar-refractivity contribution is -0.263. The smallest absolute Gasteiger partial charge is 0.341 e. The molecule has 0 saturated carbocycles. The quantitative estimate of drug-likeness (QED) is 0.0974. The molecule has 4 aliphatic rings. The number of carbonyl (C=O) groups excluding carboxylic acids is 9. The van der Waals surface area contributed by atoms with E-state index in [4.69, 9.17) is 75.0 Å². The minimum Gasteiger partial charge on any atom is -0.463 e. The van der Waals surface area contributed by atoms with Gasteiger partial charge in [-0.3, -0.25) is 43.2 Å². The molecule has 0 bridgehead atoms. The molecule has 0 unspecified atom stereocenters. The number of ether oxygens (including phenoxy) is 10. The van der Waals surface area contributed by atoms with Gasteiger partial charge in [0.25, 0.3) is 0 Å². The third-order valence-corrected chi connectivity index (χ3v) is 11.4. The molecular weight excluding hydrogens is 1010 g/mol. The summed E-state index contributed by atoms with van der Waals surface area (Å²) in [5, 5.41) is 4.91. The number of esters is 7. The Morgan fingerprint density at radius 3 is 1.56 bits per heavy atom. The zero-order valence-electron chi connectivity index (χ0n) is 40.1. The number of benzene rings is 3. The van der Waals surface area contributed by atoms with Crippen LogP contribution in [0.25, 0.3) is 33.4 Å². The van der Waals surface area contributed by atoms with Gasteiger partial charge >= 0.3 is 41.8 Å². The van der Waals surface area contributed by atoms with Crippen molar-refractivity contribution in [2.45, 2.75) is 117 Å². The molecule has 2 saturated heterocycles. The van der Waals surface area contributed by atoms with E-state index in [9.17, 15) is 47.9 Å². The third kappa shape index (κ3) is 13.4. The van der Waals surface area contributed by atoms with Gasteiger partial charge in [-0.25, -0.2) is 4.79 Å². The Kier molecular flexibility index (Phi) is 17.7. The second-order valence-corrected chi connectivity index (χ2v) is 17.4. The van der Waals surface area contributed by atoms with Crippen LogP contribution >= 0.6 is 23.2 Å². The van der Waals surface area contributed by atoms with E-state index < -0.39 is 134 Å². The fourth-order valence-corrected chi connectivity index (χ4v) is 8.60. The number of rotatable bonds is 15. The highest BCUT2D eigenvalue weighted by molar-refractivity contribution is 6.33. The molecule has 2 amide bonds. The van der Waals surface area contributed by atoms with Crippen LogP contribution in [0.4, 0.5) is 0 Å². The highest BCUT2D eigenvalue weighted by atomic mass is 35.5. The normalized spacial score (nSPS) is 23.5. The number of hydrogen-bond donors (Lipinski definition) is 2. The molecule has 0 aromatic heterocycles. The lowest BCUT2D eigenvalue weighted by Crippen LogP contribution is -2.67. The van der Waals surface area contributed by atoms with Gasteiger partial charge in [0.05, 0.1) is 15.6 Å². The zero-order valence-corrected chi connectivity index (χ0v) is 41.6. The SMILES string of the molecule is CC(=O)N[C@H]1[C@H](OC(=O)c2ccccc2-c2c3cc(Cl)c(=O)cc-3oc3cc(O[C@@H]4O[C@H](COC(C)=O)[C@@H](OC(C)=O)[C@H](OC(C)=O)[C@H]4NC(C)=O)c(Cl)cc23)O[C@H](COC(C)=O)[C@@H](OC(C)=O)[C@@H]1OC(C)=O. The second-order valence-electron chi connectivity index (χ2n) is 16.5. The molecule has 25 heteroatoms. The van der Waals surface area contributed by atoms with Crippen LogP contribution in [0.2, 0.25) is 10.0 Å². The second kappa shape index (κ2) is 23.5. The van der Waals surface area contributed by atoms with E-state index in [1.807, 2.05) is 0 Å². The number of hydrogen-bond acceptors (Lipinski definition) is 21. The van der Waals surface area contributed by atoms with Crippen molar-refractivity contribution in [1.82, 2.24) is 10.6 Å². The van der Waals surface area contributed by atoms with Gasteiger partial charge in [0.15, 0.2) is 24.4 Å². The monoisotopic (exact) mass is 1060 g/mol. The number of fused-ring (bicyclic) bond motifs is 2. The zero-order chi connectivity index (χ0) is 53.6. The molecule has 3 heterocycles. The molecular formula is C48H48Cl2N2O21.